The summed E-state index contributed by atoms with van der Waals surface area (Å²) in [5.74, 6) is -0.269. The molecule has 3 amide bonds. The van der Waals surface area contributed by atoms with E-state index in [0.29, 0.717) is 23.8 Å². The molecular formula is C23H24ClN5O2S. The van der Waals surface area contributed by atoms with Crippen molar-refractivity contribution in [2.24, 2.45) is 0 Å². The van der Waals surface area contributed by atoms with Crippen LogP contribution in [0, 0.1) is 13.8 Å². The van der Waals surface area contributed by atoms with Gasteiger partial charge in [-0.05, 0) is 62.1 Å². The highest BCUT2D eigenvalue weighted by Crippen LogP contribution is 2.30. The number of nitrogens with one attached hydrogen (secondary N) is 2. The zero-order chi connectivity index (χ0) is 22.7. The van der Waals surface area contributed by atoms with E-state index >= 15 is 0 Å². The molecule has 1 atom stereocenters. The third-order valence-electron chi connectivity index (χ3n) is 5.41. The SMILES string of the molecule is Cc1ccc(C)c(NC(=O)N2CCC[C@H](c3nnc(C(=O)Nc4cccc(Cl)c4)s3)C2)c1. The van der Waals surface area contributed by atoms with E-state index in [1.54, 1.807) is 24.3 Å². The van der Waals surface area contributed by atoms with Crippen molar-refractivity contribution < 1.29 is 9.59 Å². The highest BCUT2D eigenvalue weighted by atomic mass is 35.5. The van der Waals surface area contributed by atoms with Crippen LogP contribution in [0.5, 0.6) is 0 Å². The molecule has 0 bridgehead atoms. The second-order valence-corrected chi connectivity index (χ2v) is 9.39. The predicted molar refractivity (Wildman–Crippen MR) is 128 cm³/mol. The molecule has 7 nitrogen and oxygen atoms in total. The van der Waals surface area contributed by atoms with E-state index in [1.165, 1.54) is 11.3 Å². The van der Waals surface area contributed by atoms with Crippen LogP contribution in [-0.2, 0) is 0 Å². The Bertz CT molecular complexity index is 1150. The first-order valence-electron chi connectivity index (χ1n) is 10.4. The number of anilines is 2. The van der Waals surface area contributed by atoms with Crippen LogP contribution in [0.15, 0.2) is 42.5 Å². The van der Waals surface area contributed by atoms with Crippen molar-refractivity contribution >= 4 is 46.3 Å². The average Bonchev–Trinajstić information content (AvgIpc) is 3.27. The van der Waals surface area contributed by atoms with Crippen molar-refractivity contribution in [2.75, 3.05) is 23.7 Å². The Hall–Kier alpha value is -2.97. The highest BCUT2D eigenvalue weighted by molar-refractivity contribution is 7.13. The Morgan fingerprint density at radius 3 is 2.78 bits per heavy atom. The number of aryl methyl sites for hydroxylation is 2. The van der Waals surface area contributed by atoms with Gasteiger partial charge in [0.05, 0.1) is 0 Å². The van der Waals surface area contributed by atoms with E-state index in [0.717, 1.165) is 34.7 Å². The summed E-state index contributed by atoms with van der Waals surface area (Å²) in [6, 6.07) is 12.8. The Labute approximate surface area is 195 Å². The number of urea groups is 1. The quantitative estimate of drug-likeness (QED) is 0.530. The molecule has 0 spiro atoms. The highest BCUT2D eigenvalue weighted by Gasteiger charge is 2.28. The number of likely N-dealkylation sites (tertiary alicyclic amines) is 1. The third-order valence-corrected chi connectivity index (χ3v) is 6.73. The fraction of sp³-hybridized carbons (Fsp3) is 0.304. The number of nitrogens with zero attached hydrogens (tertiary/aromatic N) is 3. The van der Waals surface area contributed by atoms with Crippen molar-refractivity contribution in [1.29, 1.82) is 0 Å². The molecular weight excluding hydrogens is 446 g/mol. The van der Waals surface area contributed by atoms with Crippen LogP contribution >= 0.6 is 22.9 Å². The van der Waals surface area contributed by atoms with E-state index < -0.39 is 0 Å². The van der Waals surface area contributed by atoms with Crippen LogP contribution in [0.1, 0.15) is 44.7 Å². The summed E-state index contributed by atoms with van der Waals surface area (Å²) in [6.07, 6.45) is 1.77. The smallest absolute Gasteiger partial charge is 0.321 e. The molecule has 0 radical (unpaired) electrons. The second kappa shape index (κ2) is 9.67. The fourth-order valence-corrected chi connectivity index (χ4v) is 4.72. The number of carbonyl (C=O) groups excluding carboxylic acids is 2. The summed E-state index contributed by atoms with van der Waals surface area (Å²) in [7, 11) is 0. The molecule has 0 unspecified atom stereocenters. The van der Waals surface area contributed by atoms with Crippen LogP contribution in [0.4, 0.5) is 16.2 Å². The van der Waals surface area contributed by atoms with Crippen molar-refractivity contribution in [3.63, 3.8) is 0 Å². The van der Waals surface area contributed by atoms with Gasteiger partial charge in [-0.3, -0.25) is 4.79 Å². The van der Waals surface area contributed by atoms with Gasteiger partial charge in [0.2, 0.25) is 5.01 Å². The van der Waals surface area contributed by atoms with Gasteiger partial charge in [0.15, 0.2) is 0 Å². The maximum atomic E-state index is 12.9. The van der Waals surface area contributed by atoms with Crippen LogP contribution in [0.3, 0.4) is 0 Å². The van der Waals surface area contributed by atoms with Crippen LogP contribution < -0.4 is 10.6 Å². The minimum atomic E-state index is -0.323. The van der Waals surface area contributed by atoms with E-state index in [9.17, 15) is 9.59 Å². The average molecular weight is 470 g/mol. The summed E-state index contributed by atoms with van der Waals surface area (Å²) < 4.78 is 0. The number of piperidine rings is 1. The summed E-state index contributed by atoms with van der Waals surface area (Å²) in [4.78, 5) is 27.2. The lowest BCUT2D eigenvalue weighted by atomic mass is 9.99. The normalized spacial score (nSPS) is 16.0. The molecule has 0 aliphatic carbocycles. The minimum absolute atomic E-state index is 0.0540. The number of halogens is 1. The van der Waals surface area contributed by atoms with Gasteiger partial charge in [0.1, 0.15) is 5.01 Å². The van der Waals surface area contributed by atoms with Gasteiger partial charge in [-0.2, -0.15) is 0 Å². The van der Waals surface area contributed by atoms with Gasteiger partial charge in [0.25, 0.3) is 5.91 Å². The number of aromatic nitrogens is 2. The number of hydrogen-bond donors (Lipinski definition) is 2. The molecule has 1 aliphatic heterocycles. The number of amides is 3. The van der Waals surface area contributed by atoms with E-state index in [2.05, 4.69) is 20.8 Å². The van der Waals surface area contributed by atoms with E-state index in [4.69, 9.17) is 11.6 Å². The minimum Gasteiger partial charge on any atom is -0.324 e. The molecule has 166 valence electrons. The topological polar surface area (TPSA) is 87.2 Å². The summed E-state index contributed by atoms with van der Waals surface area (Å²) >= 11 is 7.24. The molecule has 1 saturated heterocycles. The first-order chi connectivity index (χ1) is 15.4. The molecule has 1 aliphatic rings. The molecule has 32 heavy (non-hydrogen) atoms. The standard InChI is InChI=1S/C23H24ClN5O2S/c1-14-8-9-15(2)19(11-14)26-23(31)29-10-4-5-16(13-29)21-27-28-22(32-21)20(30)25-18-7-3-6-17(24)12-18/h3,6-9,11-12,16H,4-5,10,13H2,1-2H3,(H,25,30)(H,26,31)/t16-/m0/s1. The molecule has 9 heteroatoms. The van der Waals surface area contributed by atoms with Crippen molar-refractivity contribution in [2.45, 2.75) is 32.6 Å². The van der Waals surface area contributed by atoms with Crippen molar-refractivity contribution in [3.05, 3.63) is 68.6 Å². The monoisotopic (exact) mass is 469 g/mol. The number of carbonyl (C=O) groups is 2. The summed E-state index contributed by atoms with van der Waals surface area (Å²) in [5.41, 5.74) is 3.55. The Kier molecular flexibility index (Phi) is 6.72. The van der Waals surface area contributed by atoms with Gasteiger partial charge >= 0.3 is 6.03 Å². The lowest BCUT2D eigenvalue weighted by Gasteiger charge is -2.31. The van der Waals surface area contributed by atoms with Gasteiger partial charge in [-0.15, -0.1) is 10.2 Å². The lowest BCUT2D eigenvalue weighted by molar-refractivity contribution is 0.102. The molecule has 3 aromatic rings. The zero-order valence-electron chi connectivity index (χ0n) is 17.9. The van der Waals surface area contributed by atoms with Crippen LogP contribution in [0.2, 0.25) is 5.02 Å². The second-order valence-electron chi connectivity index (χ2n) is 7.94. The molecule has 2 heterocycles. The molecule has 0 saturated carbocycles. The van der Waals surface area contributed by atoms with Gasteiger partial charge < -0.3 is 15.5 Å². The van der Waals surface area contributed by atoms with E-state index in [-0.39, 0.29) is 22.9 Å². The number of benzene rings is 2. The molecule has 2 N–H and O–H groups in total. The summed E-state index contributed by atoms with van der Waals surface area (Å²) in [6.45, 7) is 5.21. The first kappa shape index (κ1) is 22.2. The maximum absolute atomic E-state index is 12.9. The van der Waals surface area contributed by atoms with Crippen molar-refractivity contribution in [3.8, 4) is 0 Å². The third kappa shape index (κ3) is 5.26. The van der Waals surface area contributed by atoms with Crippen molar-refractivity contribution in [1.82, 2.24) is 15.1 Å². The largest absolute Gasteiger partial charge is 0.324 e. The summed E-state index contributed by atoms with van der Waals surface area (Å²) in [5, 5.41) is 15.7. The van der Waals surface area contributed by atoms with Gasteiger partial charge in [-0.25, -0.2) is 4.79 Å². The molecule has 4 rings (SSSR count). The van der Waals surface area contributed by atoms with Crippen LogP contribution in [-0.4, -0.2) is 40.1 Å². The van der Waals surface area contributed by atoms with Crippen LogP contribution in [0.25, 0.3) is 0 Å². The van der Waals surface area contributed by atoms with E-state index in [1.807, 2.05) is 36.9 Å². The maximum Gasteiger partial charge on any atom is 0.321 e. The molecule has 1 aromatic heterocycles. The Balaban J connectivity index is 1.40. The predicted octanol–water partition coefficient (Wildman–Crippen LogP) is 5.47. The zero-order valence-corrected chi connectivity index (χ0v) is 19.5. The number of rotatable bonds is 4. The molecule has 2 aromatic carbocycles. The fourth-order valence-electron chi connectivity index (χ4n) is 3.67. The Morgan fingerprint density at radius 2 is 1.97 bits per heavy atom. The first-order valence-corrected chi connectivity index (χ1v) is 11.6. The lowest BCUT2D eigenvalue weighted by Crippen LogP contribution is -2.41. The van der Waals surface area contributed by atoms with Gasteiger partial charge in [-0.1, -0.05) is 41.1 Å². The van der Waals surface area contributed by atoms with Gasteiger partial charge in [0, 0.05) is 35.4 Å². The number of hydrogen-bond acceptors (Lipinski definition) is 5. The Morgan fingerprint density at radius 1 is 1.12 bits per heavy atom. The molecule has 1 fully saturated rings.